The second-order valence-corrected chi connectivity index (χ2v) is 8.25. The molecule has 0 saturated heterocycles. The van der Waals surface area contributed by atoms with Crippen molar-refractivity contribution in [1.29, 1.82) is 0 Å². The lowest BCUT2D eigenvalue weighted by Gasteiger charge is -2.18. The summed E-state index contributed by atoms with van der Waals surface area (Å²) in [4.78, 5) is 0. The summed E-state index contributed by atoms with van der Waals surface area (Å²) in [5.41, 5.74) is 6.29. The van der Waals surface area contributed by atoms with E-state index in [1.54, 1.807) is 7.11 Å². The van der Waals surface area contributed by atoms with Crippen molar-refractivity contribution in [3.8, 4) is 28.0 Å². The van der Waals surface area contributed by atoms with Crippen molar-refractivity contribution in [2.24, 2.45) is 0 Å². The monoisotopic (exact) mass is 398 g/mol. The molecule has 6 rings (SSSR count). The average Bonchev–Trinajstić information content (AvgIpc) is 2.83. The van der Waals surface area contributed by atoms with Crippen LogP contribution in [0.25, 0.3) is 54.6 Å². The number of benzene rings is 6. The quantitative estimate of drug-likeness (QED) is 0.273. The number of aryl methyl sites for hydroxylation is 1. The topological polar surface area (TPSA) is 9.23 Å². The Morgan fingerprint density at radius 1 is 0.548 bits per heavy atom. The molecule has 0 N–H and O–H groups in total. The highest BCUT2D eigenvalue weighted by Crippen LogP contribution is 2.44. The van der Waals surface area contributed by atoms with Gasteiger partial charge in [0.25, 0.3) is 0 Å². The molecule has 1 nitrogen and oxygen atoms in total. The fourth-order valence-corrected chi connectivity index (χ4v) is 4.84. The van der Waals surface area contributed by atoms with Crippen LogP contribution >= 0.6 is 0 Å². The van der Waals surface area contributed by atoms with E-state index in [2.05, 4.69) is 91.9 Å². The highest BCUT2D eigenvalue weighted by molar-refractivity contribution is 6.29. The summed E-state index contributed by atoms with van der Waals surface area (Å²) in [5.74, 6) is 0.877. The molecule has 0 atom stereocenters. The summed E-state index contributed by atoms with van der Waals surface area (Å²) in [7, 11) is 1.71. The molecule has 0 saturated carbocycles. The van der Waals surface area contributed by atoms with Gasteiger partial charge in [-0.15, -0.1) is 0 Å². The lowest BCUT2D eigenvalue weighted by atomic mass is 9.85. The summed E-state index contributed by atoms with van der Waals surface area (Å²) in [6, 6.07) is 35.3. The van der Waals surface area contributed by atoms with Crippen molar-refractivity contribution in [2.45, 2.75) is 6.92 Å². The van der Waals surface area contributed by atoms with Gasteiger partial charge in [0, 0.05) is 0 Å². The number of ether oxygens (including phenoxy) is 1. The van der Waals surface area contributed by atoms with Gasteiger partial charge in [-0.1, -0.05) is 78.4 Å². The van der Waals surface area contributed by atoms with E-state index in [1.165, 1.54) is 60.1 Å². The van der Waals surface area contributed by atoms with Gasteiger partial charge < -0.3 is 4.74 Å². The molecule has 0 aliphatic rings. The molecule has 0 radical (unpaired) electrons. The Bertz CT molecular complexity index is 1540. The number of methoxy groups -OCH3 is 1. The maximum atomic E-state index is 5.37. The van der Waals surface area contributed by atoms with Crippen molar-refractivity contribution in [1.82, 2.24) is 0 Å². The highest BCUT2D eigenvalue weighted by Gasteiger charge is 2.16. The average molecular weight is 399 g/mol. The van der Waals surface area contributed by atoms with E-state index in [9.17, 15) is 0 Å². The van der Waals surface area contributed by atoms with Gasteiger partial charge in [-0.05, 0) is 85.8 Å². The number of rotatable bonds is 3. The van der Waals surface area contributed by atoms with Gasteiger partial charge in [0.2, 0.25) is 0 Å². The van der Waals surface area contributed by atoms with Crippen molar-refractivity contribution in [3.05, 3.63) is 103 Å². The van der Waals surface area contributed by atoms with Gasteiger partial charge in [-0.3, -0.25) is 0 Å². The van der Waals surface area contributed by atoms with Gasteiger partial charge in [0.15, 0.2) is 0 Å². The minimum atomic E-state index is 0.877. The minimum Gasteiger partial charge on any atom is -0.497 e. The first-order valence-electron chi connectivity index (χ1n) is 10.6. The molecule has 31 heavy (non-hydrogen) atoms. The molecule has 0 amide bonds. The zero-order valence-corrected chi connectivity index (χ0v) is 17.6. The predicted molar refractivity (Wildman–Crippen MR) is 132 cm³/mol. The van der Waals surface area contributed by atoms with Crippen LogP contribution in [0.15, 0.2) is 97.1 Å². The van der Waals surface area contributed by atoms with Crippen LogP contribution in [0.3, 0.4) is 0 Å². The molecule has 0 unspecified atom stereocenters. The van der Waals surface area contributed by atoms with Crippen molar-refractivity contribution in [3.63, 3.8) is 0 Å². The van der Waals surface area contributed by atoms with Gasteiger partial charge in [0.1, 0.15) is 5.75 Å². The van der Waals surface area contributed by atoms with E-state index >= 15 is 0 Å². The van der Waals surface area contributed by atoms with Crippen LogP contribution in [0.4, 0.5) is 0 Å². The molecular formula is C30H22O. The molecule has 0 fully saturated rings. The van der Waals surface area contributed by atoms with Gasteiger partial charge in [-0.2, -0.15) is 0 Å². The van der Waals surface area contributed by atoms with Crippen molar-refractivity contribution < 1.29 is 4.74 Å². The Labute approximate surface area is 181 Å². The summed E-state index contributed by atoms with van der Waals surface area (Å²) in [6.45, 7) is 2.14. The van der Waals surface area contributed by atoms with Gasteiger partial charge in [-0.25, -0.2) is 0 Å². The van der Waals surface area contributed by atoms with E-state index < -0.39 is 0 Å². The standard InChI is InChI=1S/C30H22O/c1-19-9-11-20(12-10-19)27-17-22-5-3-6-23-18-28(21-13-15-24(31-2)16-14-21)26-8-4-7-25(27)30(26)29(22)23/h3-18H,1-2H3. The summed E-state index contributed by atoms with van der Waals surface area (Å²) in [5, 5.41) is 7.86. The van der Waals surface area contributed by atoms with Crippen molar-refractivity contribution in [2.75, 3.05) is 7.11 Å². The van der Waals surface area contributed by atoms with Crippen LogP contribution in [-0.2, 0) is 0 Å². The van der Waals surface area contributed by atoms with E-state index in [0.29, 0.717) is 0 Å². The minimum absolute atomic E-state index is 0.877. The predicted octanol–water partition coefficient (Wildman–Crippen LogP) is 8.24. The normalized spacial score (nSPS) is 11.5. The summed E-state index contributed by atoms with van der Waals surface area (Å²) >= 11 is 0. The molecule has 0 heterocycles. The van der Waals surface area contributed by atoms with Crippen LogP contribution in [-0.4, -0.2) is 7.11 Å². The molecule has 6 aromatic rings. The highest BCUT2D eigenvalue weighted by atomic mass is 16.5. The Morgan fingerprint density at radius 3 is 1.61 bits per heavy atom. The molecule has 0 aliphatic heterocycles. The lowest BCUT2D eigenvalue weighted by Crippen LogP contribution is -1.91. The maximum absolute atomic E-state index is 5.37. The molecule has 6 aromatic carbocycles. The van der Waals surface area contributed by atoms with E-state index in [0.717, 1.165) is 5.75 Å². The zero-order chi connectivity index (χ0) is 20.9. The number of hydrogen-bond donors (Lipinski definition) is 0. The summed E-state index contributed by atoms with van der Waals surface area (Å²) < 4.78 is 5.37. The third kappa shape index (κ3) is 2.78. The van der Waals surface area contributed by atoms with Crippen LogP contribution in [0.1, 0.15) is 5.56 Å². The first-order chi connectivity index (χ1) is 15.2. The second kappa shape index (κ2) is 6.85. The van der Waals surface area contributed by atoms with Gasteiger partial charge in [0.05, 0.1) is 7.11 Å². The van der Waals surface area contributed by atoms with Crippen LogP contribution < -0.4 is 4.74 Å². The first-order valence-corrected chi connectivity index (χ1v) is 10.6. The molecule has 1 heteroatoms. The van der Waals surface area contributed by atoms with Crippen LogP contribution in [0, 0.1) is 6.92 Å². The number of hydrogen-bond acceptors (Lipinski definition) is 1. The fourth-order valence-electron chi connectivity index (χ4n) is 4.84. The molecule has 0 spiro atoms. The van der Waals surface area contributed by atoms with E-state index in [-0.39, 0.29) is 0 Å². The van der Waals surface area contributed by atoms with Crippen LogP contribution in [0.5, 0.6) is 5.75 Å². The fraction of sp³-hybridized carbons (Fsp3) is 0.0667. The molecular weight excluding hydrogens is 376 g/mol. The zero-order valence-electron chi connectivity index (χ0n) is 17.6. The Balaban J connectivity index is 1.74. The van der Waals surface area contributed by atoms with E-state index in [1.807, 2.05) is 12.1 Å². The van der Waals surface area contributed by atoms with Crippen molar-refractivity contribution >= 4 is 32.3 Å². The molecule has 0 aliphatic carbocycles. The third-order valence-corrected chi connectivity index (χ3v) is 6.39. The Morgan fingerprint density at radius 2 is 1.06 bits per heavy atom. The lowest BCUT2D eigenvalue weighted by molar-refractivity contribution is 0.415. The van der Waals surface area contributed by atoms with E-state index in [4.69, 9.17) is 4.74 Å². The third-order valence-electron chi connectivity index (χ3n) is 6.39. The Kier molecular flexibility index (Phi) is 3.97. The van der Waals surface area contributed by atoms with Gasteiger partial charge >= 0.3 is 0 Å². The largest absolute Gasteiger partial charge is 0.497 e. The SMILES string of the molecule is COc1ccc(-c2cc3cccc4cc(-c5ccc(C)cc5)c5cccc2c5c43)cc1. The molecule has 0 bridgehead atoms. The molecule has 0 aromatic heterocycles. The second-order valence-electron chi connectivity index (χ2n) is 8.25. The molecule has 148 valence electrons. The first kappa shape index (κ1) is 18.0. The summed E-state index contributed by atoms with van der Waals surface area (Å²) in [6.07, 6.45) is 0. The van der Waals surface area contributed by atoms with Crippen LogP contribution in [0.2, 0.25) is 0 Å². The maximum Gasteiger partial charge on any atom is 0.118 e. The Hall–Kier alpha value is -3.84. The smallest absolute Gasteiger partial charge is 0.118 e.